The summed E-state index contributed by atoms with van der Waals surface area (Å²) in [4.78, 5) is 24.8. The molecule has 0 aliphatic carbocycles. The smallest absolute Gasteiger partial charge is 0.306 e. The highest BCUT2D eigenvalue weighted by Crippen LogP contribution is 2.30. The Labute approximate surface area is 216 Å². The number of rotatable bonds is 9. The molecule has 0 bridgehead atoms. The first-order valence-corrected chi connectivity index (χ1v) is 13.0. The third-order valence-corrected chi connectivity index (χ3v) is 6.60. The van der Waals surface area contributed by atoms with Gasteiger partial charge in [0.25, 0.3) is 5.91 Å². The number of carbonyl (C=O) groups excluding carboxylic acids is 2. The van der Waals surface area contributed by atoms with Crippen LogP contribution in [0.3, 0.4) is 0 Å². The van der Waals surface area contributed by atoms with Crippen molar-refractivity contribution in [3.05, 3.63) is 64.0 Å². The number of esters is 1. The maximum absolute atomic E-state index is 14.8. The molecule has 1 N–H and O–H groups in total. The van der Waals surface area contributed by atoms with Gasteiger partial charge >= 0.3 is 5.97 Å². The second-order valence-electron chi connectivity index (χ2n) is 9.92. The number of hydrogen-bond acceptors (Lipinski definition) is 6. The van der Waals surface area contributed by atoms with Crippen molar-refractivity contribution in [1.82, 2.24) is 10.2 Å². The molecule has 1 heterocycles. The van der Waals surface area contributed by atoms with Gasteiger partial charge in [-0.05, 0) is 94.3 Å². The number of anilines is 1. The number of nitrogens with zero attached hydrogens (tertiary/aromatic N) is 2. The van der Waals surface area contributed by atoms with E-state index in [0.717, 1.165) is 35.1 Å². The summed E-state index contributed by atoms with van der Waals surface area (Å²) in [7, 11) is 0. The van der Waals surface area contributed by atoms with Crippen LogP contribution < -0.4 is 5.32 Å². The van der Waals surface area contributed by atoms with Gasteiger partial charge in [-0.1, -0.05) is 36.8 Å². The van der Waals surface area contributed by atoms with Gasteiger partial charge in [0.15, 0.2) is 0 Å². The number of unbranched alkanes of at least 4 members (excludes halogenated alkanes) is 1. The van der Waals surface area contributed by atoms with Crippen LogP contribution in [0.25, 0.3) is 10.6 Å². The molecule has 0 fully saturated rings. The van der Waals surface area contributed by atoms with Crippen molar-refractivity contribution in [3.8, 4) is 10.6 Å². The van der Waals surface area contributed by atoms with Crippen LogP contribution in [0.5, 0.6) is 0 Å². The van der Waals surface area contributed by atoms with Gasteiger partial charge < -0.3 is 4.74 Å². The molecule has 0 unspecified atom stereocenters. The number of ether oxygens (including phenoxy) is 1. The van der Waals surface area contributed by atoms with Gasteiger partial charge in [-0.2, -0.15) is 0 Å². The van der Waals surface area contributed by atoms with E-state index in [-0.39, 0.29) is 11.5 Å². The van der Waals surface area contributed by atoms with E-state index in [1.54, 1.807) is 12.1 Å². The Balaban J connectivity index is 1.71. The maximum Gasteiger partial charge on any atom is 0.306 e. The summed E-state index contributed by atoms with van der Waals surface area (Å²) in [5.74, 6) is -1.25. The predicted molar refractivity (Wildman–Crippen MR) is 142 cm³/mol. The normalized spacial score (nSPS) is 11.4. The molecule has 1 amide bonds. The average Bonchev–Trinajstić information content (AvgIpc) is 3.25. The van der Waals surface area contributed by atoms with E-state index in [4.69, 9.17) is 4.74 Å². The highest BCUT2D eigenvalue weighted by atomic mass is 32.1. The second kappa shape index (κ2) is 11.7. The molecule has 0 saturated heterocycles. The number of benzene rings is 2. The van der Waals surface area contributed by atoms with E-state index in [9.17, 15) is 14.0 Å². The molecule has 0 aliphatic rings. The topological polar surface area (TPSA) is 81.2 Å². The lowest BCUT2D eigenvalue weighted by molar-refractivity contribution is -0.154. The second-order valence-corrected chi connectivity index (χ2v) is 10.9. The van der Waals surface area contributed by atoms with Crippen molar-refractivity contribution < 1.29 is 18.7 Å². The SMILES string of the molecule is CCCCc1cccc(C(=O)Nc2nnc(-c3cc(C)c(CCC(=O)OC(C)(C)C)c(C)c3)s2)c1F. The minimum Gasteiger partial charge on any atom is -0.460 e. The van der Waals surface area contributed by atoms with Gasteiger partial charge in [0.2, 0.25) is 5.13 Å². The molecule has 0 aliphatic heterocycles. The number of carbonyl (C=O) groups is 2. The van der Waals surface area contributed by atoms with Gasteiger partial charge in [-0.15, -0.1) is 10.2 Å². The van der Waals surface area contributed by atoms with E-state index < -0.39 is 17.3 Å². The summed E-state index contributed by atoms with van der Waals surface area (Å²) in [6.45, 7) is 11.6. The van der Waals surface area contributed by atoms with Crippen LogP contribution in [0.1, 0.15) is 79.6 Å². The zero-order valence-corrected chi connectivity index (χ0v) is 22.6. The maximum atomic E-state index is 14.8. The lowest BCUT2D eigenvalue weighted by atomic mass is 9.96. The molecule has 0 radical (unpaired) electrons. The third-order valence-electron chi connectivity index (χ3n) is 5.71. The van der Waals surface area contributed by atoms with E-state index in [0.29, 0.717) is 35.0 Å². The van der Waals surface area contributed by atoms with Crippen LogP contribution >= 0.6 is 11.3 Å². The zero-order valence-electron chi connectivity index (χ0n) is 21.8. The van der Waals surface area contributed by atoms with Crippen LogP contribution in [-0.4, -0.2) is 27.7 Å². The molecule has 36 heavy (non-hydrogen) atoms. The Morgan fingerprint density at radius 1 is 1.08 bits per heavy atom. The molecule has 8 heteroatoms. The van der Waals surface area contributed by atoms with Crippen molar-refractivity contribution in [2.24, 2.45) is 0 Å². The lowest BCUT2D eigenvalue weighted by Crippen LogP contribution is -2.24. The first-order chi connectivity index (χ1) is 17.0. The van der Waals surface area contributed by atoms with Crippen LogP contribution in [-0.2, 0) is 22.4 Å². The van der Waals surface area contributed by atoms with Crippen molar-refractivity contribution in [2.75, 3.05) is 5.32 Å². The molecular formula is C28H34FN3O3S. The number of aromatic nitrogens is 2. The first-order valence-electron chi connectivity index (χ1n) is 12.2. The number of halogens is 1. The zero-order chi connectivity index (χ0) is 26.5. The first kappa shape index (κ1) is 27.5. The van der Waals surface area contributed by atoms with Crippen LogP contribution in [0, 0.1) is 19.7 Å². The monoisotopic (exact) mass is 511 g/mol. The van der Waals surface area contributed by atoms with Crippen molar-refractivity contribution >= 4 is 28.3 Å². The lowest BCUT2D eigenvalue weighted by Gasteiger charge is -2.20. The summed E-state index contributed by atoms with van der Waals surface area (Å²) in [5.41, 5.74) is 4.10. The molecule has 2 aromatic carbocycles. The van der Waals surface area contributed by atoms with Crippen molar-refractivity contribution in [3.63, 3.8) is 0 Å². The molecule has 0 atom stereocenters. The summed E-state index contributed by atoms with van der Waals surface area (Å²) in [6.07, 6.45) is 3.31. The van der Waals surface area contributed by atoms with Gasteiger partial charge in [-0.25, -0.2) is 4.39 Å². The Morgan fingerprint density at radius 3 is 2.42 bits per heavy atom. The van der Waals surface area contributed by atoms with Crippen LogP contribution in [0.2, 0.25) is 0 Å². The standard InChI is InChI=1S/C28H34FN3O3S/c1-7-8-10-19-11-9-12-22(24(19)29)25(34)30-27-32-31-26(36-27)20-15-17(2)21(18(3)16-20)13-14-23(33)35-28(4,5)6/h9,11-12,15-16H,7-8,10,13-14H2,1-6H3,(H,30,32,34). The van der Waals surface area contributed by atoms with E-state index in [1.165, 1.54) is 17.4 Å². The van der Waals surface area contributed by atoms with Crippen LogP contribution in [0.15, 0.2) is 30.3 Å². The minimum absolute atomic E-state index is 0.00128. The number of nitrogens with one attached hydrogen (secondary N) is 1. The highest BCUT2D eigenvalue weighted by molar-refractivity contribution is 7.18. The van der Waals surface area contributed by atoms with Crippen molar-refractivity contribution in [1.29, 1.82) is 0 Å². The predicted octanol–water partition coefficient (Wildman–Crippen LogP) is 6.83. The summed E-state index contributed by atoms with van der Waals surface area (Å²) in [6, 6.07) is 8.89. The molecule has 0 saturated carbocycles. The molecule has 6 nitrogen and oxygen atoms in total. The fourth-order valence-corrected chi connectivity index (χ4v) is 4.73. The fourth-order valence-electron chi connectivity index (χ4n) is 4.00. The molecule has 0 spiro atoms. The number of aryl methyl sites for hydroxylation is 3. The number of hydrogen-bond donors (Lipinski definition) is 1. The molecule has 192 valence electrons. The average molecular weight is 512 g/mol. The van der Waals surface area contributed by atoms with E-state index in [2.05, 4.69) is 15.5 Å². The van der Waals surface area contributed by atoms with Gasteiger partial charge in [0, 0.05) is 12.0 Å². The summed E-state index contributed by atoms with van der Waals surface area (Å²) < 4.78 is 20.2. The fraction of sp³-hybridized carbons (Fsp3) is 0.429. The highest BCUT2D eigenvalue weighted by Gasteiger charge is 2.19. The van der Waals surface area contributed by atoms with Gasteiger partial charge in [-0.3, -0.25) is 14.9 Å². The Kier molecular flexibility index (Phi) is 8.95. The molecule has 1 aromatic heterocycles. The largest absolute Gasteiger partial charge is 0.460 e. The van der Waals surface area contributed by atoms with Crippen LogP contribution in [0.4, 0.5) is 9.52 Å². The van der Waals surface area contributed by atoms with E-state index in [1.807, 2.05) is 53.7 Å². The quantitative estimate of drug-likeness (QED) is 0.319. The summed E-state index contributed by atoms with van der Waals surface area (Å²) in [5, 5.41) is 11.9. The Hall–Kier alpha value is -3.13. The third kappa shape index (κ3) is 7.20. The van der Waals surface area contributed by atoms with Crippen molar-refractivity contribution in [2.45, 2.75) is 79.2 Å². The number of amides is 1. The summed E-state index contributed by atoms with van der Waals surface area (Å²) >= 11 is 1.23. The molecular weight excluding hydrogens is 477 g/mol. The molecule has 3 rings (SSSR count). The minimum atomic E-state index is -0.543. The Morgan fingerprint density at radius 2 is 1.78 bits per heavy atom. The van der Waals surface area contributed by atoms with E-state index >= 15 is 0 Å². The molecule has 3 aromatic rings. The van der Waals surface area contributed by atoms with Gasteiger partial charge in [0.05, 0.1) is 5.56 Å². The Bertz CT molecular complexity index is 1220. The van der Waals surface area contributed by atoms with Gasteiger partial charge in [0.1, 0.15) is 16.4 Å².